The lowest BCUT2D eigenvalue weighted by Gasteiger charge is -2.39. The lowest BCUT2D eigenvalue weighted by atomic mass is 9.95. The van der Waals surface area contributed by atoms with Crippen molar-refractivity contribution in [2.75, 3.05) is 26.2 Å². The molecule has 3 heterocycles. The second kappa shape index (κ2) is 7.51. The lowest BCUT2D eigenvalue weighted by Crippen LogP contribution is -2.58. The van der Waals surface area contributed by atoms with Crippen LogP contribution < -0.4 is 5.32 Å². The van der Waals surface area contributed by atoms with Crippen LogP contribution in [0, 0.1) is 0 Å². The van der Waals surface area contributed by atoms with Gasteiger partial charge in [-0.3, -0.25) is 14.5 Å². The van der Waals surface area contributed by atoms with Crippen molar-refractivity contribution in [1.82, 2.24) is 29.9 Å². The molecule has 1 N–H and O–H groups in total. The first-order valence-corrected chi connectivity index (χ1v) is 9.12. The van der Waals surface area contributed by atoms with Crippen LogP contribution in [0.25, 0.3) is 0 Å². The van der Waals surface area contributed by atoms with E-state index in [0.717, 1.165) is 25.2 Å². The smallest absolute Gasteiger partial charge is 0.237 e. The fourth-order valence-corrected chi connectivity index (χ4v) is 3.90. The second-order valence-electron chi connectivity index (χ2n) is 7.30. The van der Waals surface area contributed by atoms with E-state index in [1.54, 1.807) is 6.33 Å². The number of nitrogens with zero attached hydrogens (tertiary/aromatic N) is 5. The minimum atomic E-state index is -0.349. The zero-order chi connectivity index (χ0) is 18.0. The Labute approximate surface area is 148 Å². The van der Waals surface area contributed by atoms with Crippen LogP contribution >= 0.6 is 0 Å². The van der Waals surface area contributed by atoms with E-state index in [2.05, 4.69) is 34.3 Å². The largest absolute Gasteiger partial charge is 0.353 e. The molecule has 0 aliphatic carbocycles. The van der Waals surface area contributed by atoms with Crippen molar-refractivity contribution >= 4 is 11.8 Å². The van der Waals surface area contributed by atoms with Gasteiger partial charge in [-0.05, 0) is 26.7 Å². The normalized spacial score (nSPS) is 23.1. The maximum Gasteiger partial charge on any atom is 0.237 e. The van der Waals surface area contributed by atoms with Crippen molar-refractivity contribution in [1.29, 1.82) is 0 Å². The van der Waals surface area contributed by atoms with E-state index in [-0.39, 0.29) is 30.3 Å². The summed E-state index contributed by atoms with van der Waals surface area (Å²) >= 11 is 0. The topological polar surface area (TPSA) is 83.4 Å². The number of carbonyl (C=O) groups excluding carboxylic acids is 2. The highest BCUT2D eigenvalue weighted by atomic mass is 16.2. The molecule has 1 atom stereocenters. The molecular weight excluding hydrogens is 320 g/mol. The van der Waals surface area contributed by atoms with Crippen LogP contribution in [0.3, 0.4) is 0 Å². The van der Waals surface area contributed by atoms with Crippen molar-refractivity contribution < 1.29 is 9.59 Å². The Balaban J connectivity index is 1.57. The Bertz CT molecular complexity index is 620. The highest BCUT2D eigenvalue weighted by Gasteiger charge is 2.35. The number of aromatic nitrogens is 3. The number of aryl methyl sites for hydroxylation is 1. The van der Waals surface area contributed by atoms with Crippen LogP contribution in [0.2, 0.25) is 0 Å². The molecule has 2 fully saturated rings. The molecule has 0 saturated carbocycles. The Morgan fingerprint density at radius 2 is 2.04 bits per heavy atom. The minimum absolute atomic E-state index is 0.0257. The molecule has 0 aromatic carbocycles. The SMILES string of the molecule is CC(C)N1CCNC(=O)C1CC(=O)N1CCC(c2nncn2C)CC1. The molecule has 8 nitrogen and oxygen atoms in total. The minimum Gasteiger partial charge on any atom is -0.353 e. The summed E-state index contributed by atoms with van der Waals surface area (Å²) in [4.78, 5) is 29.0. The summed E-state index contributed by atoms with van der Waals surface area (Å²) in [5, 5.41) is 11.0. The first-order valence-electron chi connectivity index (χ1n) is 9.12. The van der Waals surface area contributed by atoms with Crippen molar-refractivity contribution in [3.05, 3.63) is 12.2 Å². The quantitative estimate of drug-likeness (QED) is 0.836. The van der Waals surface area contributed by atoms with Crippen LogP contribution in [-0.4, -0.2) is 74.6 Å². The van der Waals surface area contributed by atoms with E-state index >= 15 is 0 Å². The molecule has 0 bridgehead atoms. The van der Waals surface area contributed by atoms with Gasteiger partial charge in [-0.25, -0.2) is 0 Å². The molecule has 2 amide bonds. The van der Waals surface area contributed by atoms with E-state index in [1.165, 1.54) is 0 Å². The third-order valence-corrected chi connectivity index (χ3v) is 5.36. The molecule has 3 rings (SSSR count). The van der Waals surface area contributed by atoms with Gasteiger partial charge in [-0.15, -0.1) is 10.2 Å². The predicted molar refractivity (Wildman–Crippen MR) is 92.8 cm³/mol. The van der Waals surface area contributed by atoms with Crippen LogP contribution in [0.15, 0.2) is 6.33 Å². The summed E-state index contributed by atoms with van der Waals surface area (Å²) in [6.45, 7) is 7.03. The van der Waals surface area contributed by atoms with E-state index in [4.69, 9.17) is 0 Å². The van der Waals surface area contributed by atoms with E-state index < -0.39 is 0 Å². The third-order valence-electron chi connectivity index (χ3n) is 5.36. The summed E-state index contributed by atoms with van der Waals surface area (Å²) in [5.74, 6) is 1.39. The zero-order valence-electron chi connectivity index (χ0n) is 15.3. The number of piperidine rings is 1. The number of amides is 2. The van der Waals surface area contributed by atoms with Gasteiger partial charge in [0.15, 0.2) is 0 Å². The van der Waals surface area contributed by atoms with Gasteiger partial charge >= 0.3 is 0 Å². The average molecular weight is 348 g/mol. The second-order valence-corrected chi connectivity index (χ2v) is 7.30. The standard InChI is InChI=1S/C17H28N6O2/c1-12(2)23-9-6-18-17(25)14(23)10-15(24)22-7-4-13(5-8-22)16-20-19-11-21(16)3/h11-14H,4-10H2,1-3H3,(H,18,25). The predicted octanol–water partition coefficient (Wildman–Crippen LogP) is 0.120. The third kappa shape index (κ3) is 3.84. The van der Waals surface area contributed by atoms with E-state index in [1.807, 2.05) is 16.5 Å². The highest BCUT2D eigenvalue weighted by molar-refractivity contribution is 5.89. The van der Waals surface area contributed by atoms with Crippen LogP contribution in [0.4, 0.5) is 0 Å². The van der Waals surface area contributed by atoms with Gasteiger partial charge in [0.1, 0.15) is 12.2 Å². The van der Waals surface area contributed by atoms with Gasteiger partial charge in [0.05, 0.1) is 12.5 Å². The first kappa shape index (κ1) is 17.8. The van der Waals surface area contributed by atoms with E-state index in [0.29, 0.717) is 25.6 Å². The van der Waals surface area contributed by atoms with Crippen molar-refractivity contribution in [3.63, 3.8) is 0 Å². The Kier molecular flexibility index (Phi) is 5.36. The first-order chi connectivity index (χ1) is 12.0. The van der Waals surface area contributed by atoms with Gasteiger partial charge in [0.2, 0.25) is 11.8 Å². The van der Waals surface area contributed by atoms with Crippen molar-refractivity contribution in [3.8, 4) is 0 Å². The van der Waals surface area contributed by atoms with Gasteiger partial charge in [0, 0.05) is 45.2 Å². The maximum atomic E-state index is 12.7. The molecule has 0 spiro atoms. The van der Waals surface area contributed by atoms with Crippen molar-refractivity contribution in [2.24, 2.45) is 7.05 Å². The van der Waals surface area contributed by atoms with Crippen LogP contribution in [0.5, 0.6) is 0 Å². The lowest BCUT2D eigenvalue weighted by molar-refractivity contribution is -0.140. The molecule has 2 aliphatic heterocycles. The molecular formula is C17H28N6O2. The molecule has 2 aliphatic rings. The summed E-state index contributed by atoms with van der Waals surface area (Å²) in [6.07, 6.45) is 3.76. The molecule has 25 heavy (non-hydrogen) atoms. The van der Waals surface area contributed by atoms with Crippen molar-refractivity contribution in [2.45, 2.75) is 51.1 Å². The molecule has 1 aromatic rings. The maximum absolute atomic E-state index is 12.7. The van der Waals surface area contributed by atoms with Gasteiger partial charge < -0.3 is 14.8 Å². The number of piperazine rings is 1. The number of hydrogen-bond acceptors (Lipinski definition) is 5. The zero-order valence-corrected chi connectivity index (χ0v) is 15.3. The van der Waals surface area contributed by atoms with E-state index in [9.17, 15) is 9.59 Å². The molecule has 2 saturated heterocycles. The fourth-order valence-electron chi connectivity index (χ4n) is 3.90. The Morgan fingerprint density at radius 1 is 1.32 bits per heavy atom. The Morgan fingerprint density at radius 3 is 2.64 bits per heavy atom. The summed E-state index contributed by atoms with van der Waals surface area (Å²) in [5.41, 5.74) is 0. The molecule has 1 unspecified atom stereocenters. The number of likely N-dealkylation sites (tertiary alicyclic amines) is 1. The number of rotatable bonds is 4. The average Bonchev–Trinajstić information content (AvgIpc) is 3.02. The molecule has 138 valence electrons. The van der Waals surface area contributed by atoms with Gasteiger partial charge in [0.25, 0.3) is 0 Å². The molecule has 0 radical (unpaired) electrons. The Hall–Kier alpha value is -1.96. The van der Waals surface area contributed by atoms with Gasteiger partial charge in [-0.2, -0.15) is 0 Å². The monoisotopic (exact) mass is 348 g/mol. The summed E-state index contributed by atoms with van der Waals surface area (Å²) in [6, 6.07) is -0.0942. The number of carbonyl (C=O) groups is 2. The summed E-state index contributed by atoms with van der Waals surface area (Å²) < 4.78 is 1.95. The number of hydrogen-bond donors (Lipinski definition) is 1. The van der Waals surface area contributed by atoms with Crippen LogP contribution in [-0.2, 0) is 16.6 Å². The highest BCUT2D eigenvalue weighted by Crippen LogP contribution is 2.27. The summed E-state index contributed by atoms with van der Waals surface area (Å²) in [7, 11) is 1.95. The fraction of sp³-hybridized carbons (Fsp3) is 0.765. The van der Waals surface area contributed by atoms with Gasteiger partial charge in [-0.1, -0.05) is 0 Å². The van der Waals surface area contributed by atoms with Crippen LogP contribution in [0.1, 0.15) is 44.9 Å². The molecule has 1 aromatic heterocycles. The molecule has 8 heteroatoms. The number of nitrogens with one attached hydrogen (secondary N) is 1.